The second-order valence-corrected chi connectivity index (χ2v) is 11.4. The van der Waals surface area contributed by atoms with Gasteiger partial charge >= 0.3 is 23.9 Å². The van der Waals surface area contributed by atoms with Gasteiger partial charge in [-0.1, -0.05) is 12.1 Å². The summed E-state index contributed by atoms with van der Waals surface area (Å²) < 4.78 is 21.8. The molecule has 1 aliphatic rings. The van der Waals surface area contributed by atoms with Gasteiger partial charge < -0.3 is 44.5 Å². The highest BCUT2D eigenvalue weighted by molar-refractivity contribution is 5.74. The van der Waals surface area contributed by atoms with E-state index < -0.39 is 42.6 Å². The number of aliphatic hydroxyl groups is 1. The molecular weight excluding hydrogens is 648 g/mol. The normalized spacial score (nSPS) is 17.4. The summed E-state index contributed by atoms with van der Waals surface area (Å²) in [5.41, 5.74) is 0.732. The van der Waals surface area contributed by atoms with E-state index >= 15 is 0 Å². The van der Waals surface area contributed by atoms with Crippen LogP contribution in [-0.4, -0.2) is 199 Å². The second kappa shape index (κ2) is 23.9. The Morgan fingerprint density at radius 2 is 1.06 bits per heavy atom. The zero-order chi connectivity index (χ0) is 36.0. The van der Waals surface area contributed by atoms with E-state index in [1.807, 2.05) is 6.92 Å². The van der Waals surface area contributed by atoms with Crippen LogP contribution in [0.5, 0.6) is 5.75 Å². The van der Waals surface area contributed by atoms with Crippen LogP contribution in [-0.2, 0) is 39.8 Å². The van der Waals surface area contributed by atoms with Crippen molar-refractivity contribution >= 4 is 23.9 Å². The number of carboxylic acids is 4. The van der Waals surface area contributed by atoms with E-state index in [1.54, 1.807) is 39.0 Å². The quantitative estimate of drug-likeness (QED) is 0.0913. The van der Waals surface area contributed by atoms with E-state index in [2.05, 4.69) is 0 Å². The molecule has 1 aromatic rings. The Bertz CT molecular complexity index is 1090. The minimum Gasteiger partial charge on any atom is -0.491 e. The van der Waals surface area contributed by atoms with Crippen LogP contribution in [0.25, 0.3) is 0 Å². The van der Waals surface area contributed by atoms with Crippen molar-refractivity contribution < 1.29 is 63.7 Å². The molecule has 0 bridgehead atoms. The molecule has 17 heteroatoms. The van der Waals surface area contributed by atoms with E-state index in [-0.39, 0.29) is 71.9 Å². The molecule has 2 atom stereocenters. The molecule has 0 amide bonds. The Balaban J connectivity index is 2.08. The lowest BCUT2D eigenvalue weighted by Gasteiger charge is -2.36. The fourth-order valence-corrected chi connectivity index (χ4v) is 5.32. The summed E-state index contributed by atoms with van der Waals surface area (Å²) in [4.78, 5) is 54.1. The average Bonchev–Trinajstić information content (AvgIpc) is 3.04. The lowest BCUT2D eigenvalue weighted by molar-refractivity contribution is -0.146. The molecule has 2 rings (SSSR count). The first-order valence-electron chi connectivity index (χ1n) is 16.4. The van der Waals surface area contributed by atoms with Crippen molar-refractivity contribution in [1.82, 2.24) is 19.6 Å². The molecule has 1 fully saturated rings. The van der Waals surface area contributed by atoms with Crippen molar-refractivity contribution in [3.8, 4) is 5.75 Å². The Morgan fingerprint density at radius 1 is 0.633 bits per heavy atom. The number of ether oxygens (including phenoxy) is 4. The number of hydrogen-bond acceptors (Lipinski definition) is 13. The third-order valence-electron chi connectivity index (χ3n) is 7.95. The molecule has 1 heterocycles. The van der Waals surface area contributed by atoms with Crippen molar-refractivity contribution in [2.24, 2.45) is 0 Å². The third kappa shape index (κ3) is 17.2. The van der Waals surface area contributed by atoms with Crippen LogP contribution in [0.3, 0.4) is 0 Å². The van der Waals surface area contributed by atoms with Gasteiger partial charge in [-0.05, 0) is 31.0 Å². The average molecular weight is 701 g/mol. The number of benzene rings is 1. The standard InChI is InChI=1S/C32H52N4O13/c1-2-46-15-16-47-17-18-48-19-20-49-26-5-3-25(4-6-26)21-27(31(42)43)35-11-7-33(22-29(38)39)9-13-36(28(24-37)32(44)45)14-10-34(8-12-35)23-30(40)41/h3-6,27-28,37H,2,7-24H2,1H3,(H,38,39)(H,40,41)(H,42,43)(H,44,45). The van der Waals surface area contributed by atoms with E-state index in [0.717, 1.165) is 5.56 Å². The van der Waals surface area contributed by atoms with Gasteiger partial charge in [-0.2, -0.15) is 0 Å². The summed E-state index contributed by atoms with van der Waals surface area (Å²) in [6, 6.07) is 4.79. The molecule has 5 N–H and O–H groups in total. The van der Waals surface area contributed by atoms with Gasteiger partial charge in [0.25, 0.3) is 0 Å². The van der Waals surface area contributed by atoms with Crippen LogP contribution in [0.1, 0.15) is 12.5 Å². The van der Waals surface area contributed by atoms with Gasteiger partial charge in [-0.15, -0.1) is 0 Å². The molecule has 1 aliphatic heterocycles. The Labute approximate surface area is 286 Å². The smallest absolute Gasteiger partial charge is 0.323 e. The predicted molar refractivity (Wildman–Crippen MR) is 175 cm³/mol. The number of carboxylic acid groups (broad SMARTS) is 4. The summed E-state index contributed by atoms with van der Waals surface area (Å²) in [5, 5.41) is 48.7. The lowest BCUT2D eigenvalue weighted by atomic mass is 10.0. The molecule has 1 saturated heterocycles. The molecule has 0 aromatic heterocycles. The van der Waals surface area contributed by atoms with Gasteiger partial charge in [-0.3, -0.25) is 38.8 Å². The molecule has 0 spiro atoms. The highest BCUT2D eigenvalue weighted by Crippen LogP contribution is 2.16. The number of carbonyl (C=O) groups is 4. The number of aliphatic carboxylic acids is 4. The molecule has 2 unspecified atom stereocenters. The maximum atomic E-state index is 12.6. The van der Waals surface area contributed by atoms with Crippen molar-refractivity contribution in [2.75, 3.05) is 118 Å². The van der Waals surface area contributed by atoms with Gasteiger partial charge in [0, 0.05) is 59.0 Å². The highest BCUT2D eigenvalue weighted by atomic mass is 16.6. The molecular formula is C32H52N4O13. The second-order valence-electron chi connectivity index (χ2n) is 11.4. The summed E-state index contributed by atoms with van der Waals surface area (Å²) in [5.74, 6) is -3.94. The maximum absolute atomic E-state index is 12.6. The number of hydrogen-bond donors (Lipinski definition) is 5. The van der Waals surface area contributed by atoms with Gasteiger partial charge in [-0.25, -0.2) is 0 Å². The SMILES string of the molecule is CCOCCOCCOCCOc1ccc(CC(C(=O)O)N2CCN(CC(=O)O)CCN(C(CO)C(=O)O)CCN(CC(=O)O)CC2)cc1. The topological polar surface area (TPSA) is 219 Å². The first kappa shape index (κ1) is 41.7. The summed E-state index contributed by atoms with van der Waals surface area (Å²) in [6.45, 7) is 4.91. The fraction of sp³-hybridized carbons (Fsp3) is 0.688. The van der Waals surface area contributed by atoms with Crippen LogP contribution < -0.4 is 4.74 Å². The monoisotopic (exact) mass is 700 g/mol. The van der Waals surface area contributed by atoms with Crippen molar-refractivity contribution in [2.45, 2.75) is 25.4 Å². The van der Waals surface area contributed by atoms with Crippen LogP contribution in [0.4, 0.5) is 0 Å². The van der Waals surface area contributed by atoms with Crippen molar-refractivity contribution in [3.05, 3.63) is 29.8 Å². The van der Waals surface area contributed by atoms with Gasteiger partial charge in [0.1, 0.15) is 24.4 Å². The van der Waals surface area contributed by atoms with Crippen LogP contribution >= 0.6 is 0 Å². The first-order valence-corrected chi connectivity index (χ1v) is 16.4. The molecule has 17 nitrogen and oxygen atoms in total. The summed E-state index contributed by atoms with van der Waals surface area (Å²) in [6.07, 6.45) is 0.129. The Hall–Kier alpha value is -3.42. The van der Waals surface area contributed by atoms with E-state index in [0.29, 0.717) is 52.0 Å². The predicted octanol–water partition coefficient (Wildman–Crippen LogP) is -1.03. The largest absolute Gasteiger partial charge is 0.491 e. The van der Waals surface area contributed by atoms with E-state index in [4.69, 9.17) is 18.9 Å². The zero-order valence-electron chi connectivity index (χ0n) is 28.2. The molecule has 1 aromatic carbocycles. The highest BCUT2D eigenvalue weighted by Gasteiger charge is 2.30. The number of aliphatic hydroxyl groups excluding tert-OH is 1. The van der Waals surface area contributed by atoms with Crippen LogP contribution in [0.15, 0.2) is 24.3 Å². The fourth-order valence-electron chi connectivity index (χ4n) is 5.32. The van der Waals surface area contributed by atoms with Gasteiger partial charge in [0.2, 0.25) is 0 Å². The molecule has 49 heavy (non-hydrogen) atoms. The number of nitrogens with zero attached hydrogens (tertiary/aromatic N) is 4. The lowest BCUT2D eigenvalue weighted by Crippen LogP contribution is -2.54. The van der Waals surface area contributed by atoms with Crippen molar-refractivity contribution in [1.29, 1.82) is 0 Å². The Kier molecular flexibility index (Phi) is 20.3. The zero-order valence-corrected chi connectivity index (χ0v) is 28.2. The molecule has 0 saturated carbocycles. The summed E-state index contributed by atoms with van der Waals surface area (Å²) in [7, 11) is 0. The molecule has 0 aliphatic carbocycles. The molecule has 278 valence electrons. The summed E-state index contributed by atoms with van der Waals surface area (Å²) >= 11 is 0. The Morgan fingerprint density at radius 3 is 1.47 bits per heavy atom. The van der Waals surface area contributed by atoms with Crippen molar-refractivity contribution in [3.63, 3.8) is 0 Å². The first-order chi connectivity index (χ1) is 23.5. The third-order valence-corrected chi connectivity index (χ3v) is 7.95. The number of rotatable bonds is 22. The maximum Gasteiger partial charge on any atom is 0.323 e. The van der Waals surface area contributed by atoms with Crippen LogP contribution in [0, 0.1) is 0 Å². The molecule has 0 radical (unpaired) electrons. The van der Waals surface area contributed by atoms with E-state index in [1.165, 1.54) is 4.90 Å². The minimum atomic E-state index is -1.25. The van der Waals surface area contributed by atoms with Crippen LogP contribution in [0.2, 0.25) is 0 Å². The van der Waals surface area contributed by atoms with E-state index in [9.17, 15) is 44.7 Å². The minimum absolute atomic E-state index is 0.0952. The van der Waals surface area contributed by atoms with Gasteiger partial charge in [0.05, 0.1) is 52.7 Å². The van der Waals surface area contributed by atoms with Gasteiger partial charge in [0.15, 0.2) is 0 Å².